The zero-order valence-corrected chi connectivity index (χ0v) is 22.9. The van der Waals surface area contributed by atoms with Crippen molar-refractivity contribution >= 4 is 29.9 Å². The van der Waals surface area contributed by atoms with Crippen molar-refractivity contribution in [1.29, 1.82) is 0 Å². The van der Waals surface area contributed by atoms with Crippen LogP contribution >= 0.6 is 24.0 Å². The molecule has 0 spiro atoms. The smallest absolute Gasteiger partial charge is 0.191 e. The van der Waals surface area contributed by atoms with Gasteiger partial charge in [-0.25, -0.2) is 4.99 Å². The van der Waals surface area contributed by atoms with Crippen molar-refractivity contribution in [3.05, 3.63) is 47.5 Å². The maximum atomic E-state index is 5.49. The number of rotatable bonds is 11. The normalized spacial score (nSPS) is 11.9. The molecule has 0 aliphatic carbocycles. The summed E-state index contributed by atoms with van der Waals surface area (Å²) in [6.07, 6.45) is 0. The van der Waals surface area contributed by atoms with E-state index in [4.69, 9.17) is 23.9 Å². The van der Waals surface area contributed by atoms with Crippen LogP contribution in [-0.4, -0.2) is 66.5 Å². The number of methoxy groups -OCH3 is 4. The largest absolute Gasteiger partial charge is 0.497 e. The van der Waals surface area contributed by atoms with Gasteiger partial charge in [-0.05, 0) is 50.8 Å². The first-order valence-electron chi connectivity index (χ1n) is 10.6. The molecule has 2 N–H and O–H groups in total. The maximum absolute atomic E-state index is 5.49. The zero-order valence-electron chi connectivity index (χ0n) is 20.6. The topological polar surface area (TPSA) is 76.6 Å². The Bertz CT molecular complexity index is 893. The Labute approximate surface area is 214 Å². The summed E-state index contributed by atoms with van der Waals surface area (Å²) in [7, 11) is 10.7. The molecule has 0 saturated heterocycles. The summed E-state index contributed by atoms with van der Waals surface area (Å²) in [6.45, 7) is 3.94. The van der Waals surface area contributed by atoms with Crippen LogP contribution < -0.4 is 29.6 Å². The van der Waals surface area contributed by atoms with E-state index < -0.39 is 0 Å². The molecular formula is C24H37IN4O4. The Morgan fingerprint density at radius 3 is 2.15 bits per heavy atom. The molecule has 1 atom stereocenters. The first-order chi connectivity index (χ1) is 15.5. The summed E-state index contributed by atoms with van der Waals surface area (Å²) in [6, 6.07) is 11.8. The van der Waals surface area contributed by atoms with Gasteiger partial charge in [-0.15, -0.1) is 24.0 Å². The van der Waals surface area contributed by atoms with Crippen molar-refractivity contribution < 1.29 is 18.9 Å². The van der Waals surface area contributed by atoms with Crippen molar-refractivity contribution in [3.8, 4) is 23.0 Å². The molecule has 2 aromatic rings. The average Bonchev–Trinajstić information content (AvgIpc) is 2.81. The number of aliphatic imine (C=N–C) groups is 1. The number of hydrogen-bond acceptors (Lipinski definition) is 6. The lowest BCUT2D eigenvalue weighted by Gasteiger charge is -2.26. The third-order valence-corrected chi connectivity index (χ3v) is 5.12. The van der Waals surface area contributed by atoms with Crippen molar-refractivity contribution in [1.82, 2.24) is 15.5 Å². The molecule has 33 heavy (non-hydrogen) atoms. The van der Waals surface area contributed by atoms with Crippen LogP contribution in [0.15, 0.2) is 41.4 Å². The molecular weight excluding hydrogens is 535 g/mol. The molecule has 2 aromatic carbocycles. The van der Waals surface area contributed by atoms with E-state index in [0.29, 0.717) is 24.6 Å². The van der Waals surface area contributed by atoms with E-state index in [9.17, 15) is 0 Å². The van der Waals surface area contributed by atoms with Gasteiger partial charge in [0, 0.05) is 24.7 Å². The summed E-state index contributed by atoms with van der Waals surface area (Å²) in [5.41, 5.74) is 2.10. The molecule has 8 nitrogen and oxygen atoms in total. The van der Waals surface area contributed by atoms with Gasteiger partial charge in [-0.1, -0.05) is 6.07 Å². The fourth-order valence-electron chi connectivity index (χ4n) is 3.34. The molecule has 0 amide bonds. The molecule has 0 bridgehead atoms. The molecule has 1 unspecified atom stereocenters. The Kier molecular flexibility index (Phi) is 12.7. The lowest BCUT2D eigenvalue weighted by Crippen LogP contribution is -2.41. The predicted molar refractivity (Wildman–Crippen MR) is 144 cm³/mol. The number of ether oxygens (including phenoxy) is 4. The van der Waals surface area contributed by atoms with E-state index in [1.54, 1.807) is 28.4 Å². The van der Waals surface area contributed by atoms with Crippen LogP contribution in [0.3, 0.4) is 0 Å². The van der Waals surface area contributed by atoms with E-state index in [1.165, 1.54) is 0 Å². The van der Waals surface area contributed by atoms with Gasteiger partial charge in [0.25, 0.3) is 0 Å². The lowest BCUT2D eigenvalue weighted by atomic mass is 10.1. The lowest BCUT2D eigenvalue weighted by molar-refractivity contribution is 0.295. The van der Waals surface area contributed by atoms with E-state index in [-0.39, 0.29) is 30.0 Å². The van der Waals surface area contributed by atoms with Gasteiger partial charge >= 0.3 is 0 Å². The average molecular weight is 572 g/mol. The van der Waals surface area contributed by atoms with Gasteiger partial charge in [-0.2, -0.15) is 0 Å². The number of guanidine groups is 1. The Hall–Kier alpha value is -2.40. The van der Waals surface area contributed by atoms with Crippen LogP contribution in [0.1, 0.15) is 24.1 Å². The third-order valence-electron chi connectivity index (χ3n) is 5.12. The first-order valence-corrected chi connectivity index (χ1v) is 10.6. The molecule has 184 valence electrons. The molecule has 0 aliphatic heterocycles. The van der Waals surface area contributed by atoms with Gasteiger partial charge in [0.1, 0.15) is 11.5 Å². The molecule has 0 radical (unpaired) electrons. The van der Waals surface area contributed by atoms with Crippen LogP contribution in [0.2, 0.25) is 0 Å². The minimum atomic E-state index is 0. The molecule has 2 rings (SSSR count). The third kappa shape index (κ3) is 8.15. The van der Waals surface area contributed by atoms with Crippen LogP contribution in [-0.2, 0) is 6.54 Å². The molecule has 0 aromatic heterocycles. The predicted octanol–water partition coefficient (Wildman–Crippen LogP) is 3.70. The van der Waals surface area contributed by atoms with Gasteiger partial charge in [-0.3, -0.25) is 0 Å². The van der Waals surface area contributed by atoms with Gasteiger partial charge in [0.2, 0.25) is 0 Å². The van der Waals surface area contributed by atoms with E-state index in [2.05, 4.69) is 35.7 Å². The van der Waals surface area contributed by atoms with Crippen LogP contribution in [0.25, 0.3) is 0 Å². The van der Waals surface area contributed by atoms with Gasteiger partial charge in [0.05, 0.1) is 41.0 Å². The first kappa shape index (κ1) is 28.6. The minimum Gasteiger partial charge on any atom is -0.497 e. The minimum absolute atomic E-state index is 0. The highest BCUT2D eigenvalue weighted by molar-refractivity contribution is 14.0. The molecule has 0 saturated carbocycles. The summed E-state index contributed by atoms with van der Waals surface area (Å²) < 4.78 is 21.6. The summed E-state index contributed by atoms with van der Waals surface area (Å²) in [4.78, 5) is 6.90. The zero-order chi connectivity index (χ0) is 23.5. The Morgan fingerprint density at radius 1 is 0.879 bits per heavy atom. The molecule has 9 heteroatoms. The van der Waals surface area contributed by atoms with Crippen molar-refractivity contribution in [2.75, 3.05) is 55.6 Å². The summed E-state index contributed by atoms with van der Waals surface area (Å²) in [5.74, 6) is 3.66. The van der Waals surface area contributed by atoms with Gasteiger partial charge < -0.3 is 34.5 Å². The van der Waals surface area contributed by atoms with Crippen molar-refractivity contribution in [3.63, 3.8) is 0 Å². The van der Waals surface area contributed by atoms with Crippen molar-refractivity contribution in [2.24, 2.45) is 4.99 Å². The standard InChI is InChI=1S/C24H36N4O4.HI/c1-8-25-24(26-15-18-9-11-19(29-4)14-22(18)31-6)27-16-20(28(2)3)17-10-12-21(30-5)23(13-17)32-7;/h9-14,20H,8,15-16H2,1-7H3,(H2,25,26,27);1H. The summed E-state index contributed by atoms with van der Waals surface area (Å²) in [5, 5.41) is 6.77. The van der Waals surface area contributed by atoms with E-state index in [0.717, 1.165) is 35.1 Å². The molecule has 0 aliphatic rings. The number of benzene rings is 2. The highest BCUT2D eigenvalue weighted by Crippen LogP contribution is 2.31. The Morgan fingerprint density at radius 2 is 1.58 bits per heavy atom. The van der Waals surface area contributed by atoms with Crippen LogP contribution in [0.5, 0.6) is 23.0 Å². The van der Waals surface area contributed by atoms with Crippen molar-refractivity contribution in [2.45, 2.75) is 19.5 Å². The van der Waals surface area contributed by atoms with E-state index >= 15 is 0 Å². The number of halogens is 1. The van der Waals surface area contributed by atoms with Gasteiger partial charge in [0.15, 0.2) is 17.5 Å². The van der Waals surface area contributed by atoms with Crippen LogP contribution in [0, 0.1) is 0 Å². The van der Waals surface area contributed by atoms with E-state index in [1.807, 2.05) is 37.3 Å². The second-order valence-electron chi connectivity index (χ2n) is 7.35. The summed E-state index contributed by atoms with van der Waals surface area (Å²) >= 11 is 0. The second kappa shape index (κ2) is 14.7. The number of hydrogen-bond donors (Lipinski definition) is 2. The second-order valence-corrected chi connectivity index (χ2v) is 7.35. The number of nitrogens with zero attached hydrogens (tertiary/aromatic N) is 2. The molecule has 0 heterocycles. The fraction of sp³-hybridized carbons (Fsp3) is 0.458. The quantitative estimate of drug-likeness (QED) is 0.242. The monoisotopic (exact) mass is 572 g/mol. The fourth-order valence-corrected chi connectivity index (χ4v) is 3.34. The SMILES string of the molecule is CCNC(=NCc1ccc(OC)cc1OC)NCC(c1ccc(OC)c(OC)c1)N(C)C.I. The Balaban J connectivity index is 0.00000544. The highest BCUT2D eigenvalue weighted by atomic mass is 127. The number of likely N-dealkylation sites (N-methyl/N-ethyl adjacent to an activating group) is 1. The van der Waals surface area contributed by atoms with Crippen LogP contribution in [0.4, 0.5) is 0 Å². The highest BCUT2D eigenvalue weighted by Gasteiger charge is 2.17. The molecule has 0 fully saturated rings. The number of nitrogens with one attached hydrogen (secondary N) is 2. The maximum Gasteiger partial charge on any atom is 0.191 e.